The molecule has 174 valence electrons. The maximum atomic E-state index is 13.3. The van der Waals surface area contributed by atoms with Crippen molar-refractivity contribution in [2.75, 3.05) is 31.5 Å². The maximum absolute atomic E-state index is 13.3. The van der Waals surface area contributed by atoms with E-state index < -0.39 is 44.5 Å². The van der Waals surface area contributed by atoms with E-state index in [0.29, 0.717) is 5.00 Å². The molecule has 0 spiro atoms. The molecule has 2 amide bonds. The monoisotopic (exact) mass is 490 g/mol. The first-order chi connectivity index (χ1) is 14.9. The van der Waals surface area contributed by atoms with E-state index in [1.165, 1.54) is 12.1 Å². The number of thiophene rings is 1. The van der Waals surface area contributed by atoms with E-state index in [9.17, 15) is 31.2 Å². The van der Waals surface area contributed by atoms with Crippen molar-refractivity contribution < 1.29 is 31.2 Å². The van der Waals surface area contributed by atoms with Crippen LogP contribution >= 0.6 is 11.3 Å². The number of nitrogens with two attached hydrogens (primary N) is 1. The molecule has 3 rings (SSSR count). The van der Waals surface area contributed by atoms with Gasteiger partial charge in [-0.2, -0.15) is 17.5 Å². The molecule has 2 aromatic rings. The Hall–Kier alpha value is -2.48. The van der Waals surface area contributed by atoms with Crippen LogP contribution in [-0.4, -0.2) is 61.7 Å². The quantitative estimate of drug-likeness (QED) is 0.645. The molecule has 0 radical (unpaired) electrons. The van der Waals surface area contributed by atoms with E-state index in [4.69, 9.17) is 5.73 Å². The minimum Gasteiger partial charge on any atom is -0.366 e. The van der Waals surface area contributed by atoms with Gasteiger partial charge in [0.15, 0.2) is 0 Å². The molecule has 3 N–H and O–H groups in total. The molecule has 1 aliphatic heterocycles. The number of hydrogen-bond donors (Lipinski definition) is 2. The minimum atomic E-state index is -4.80. The molecular weight excluding hydrogens is 469 g/mol. The molecular formula is C19H21F3N4O4S2. The standard InChI is InChI=1S/C19H21F3N4O4S2/c1-12(17(28)24-18-13(16(23)27)6-11-31-18)25-7-9-26(10-8-25)32(29,30)15-5-3-2-4-14(15)19(20,21)22/h2-6,11-12H,7-10H2,1H3,(H2,23,27)(H,24,28)/t12-/m0/s1. The van der Waals surface area contributed by atoms with Gasteiger partial charge in [0.05, 0.1) is 22.1 Å². The first kappa shape index (κ1) is 24.2. The Morgan fingerprint density at radius 3 is 2.34 bits per heavy atom. The Bertz CT molecular complexity index is 1110. The summed E-state index contributed by atoms with van der Waals surface area (Å²) >= 11 is 1.14. The number of carbonyl (C=O) groups excluding carboxylic acids is 2. The fourth-order valence-electron chi connectivity index (χ4n) is 3.38. The van der Waals surface area contributed by atoms with Crippen LogP contribution in [0.2, 0.25) is 0 Å². The molecule has 0 aliphatic carbocycles. The highest BCUT2D eigenvalue weighted by molar-refractivity contribution is 7.89. The second kappa shape index (κ2) is 9.17. The summed E-state index contributed by atoms with van der Waals surface area (Å²) < 4.78 is 66.5. The summed E-state index contributed by atoms with van der Waals surface area (Å²) in [6.45, 7) is 1.77. The van der Waals surface area contributed by atoms with Crippen molar-refractivity contribution in [3.63, 3.8) is 0 Å². The Morgan fingerprint density at radius 2 is 1.75 bits per heavy atom. The maximum Gasteiger partial charge on any atom is 0.417 e. The lowest BCUT2D eigenvalue weighted by Crippen LogP contribution is -2.54. The number of halogens is 3. The van der Waals surface area contributed by atoms with Gasteiger partial charge in [-0.25, -0.2) is 8.42 Å². The predicted octanol–water partition coefficient (Wildman–Crippen LogP) is 2.20. The molecule has 0 bridgehead atoms. The molecule has 32 heavy (non-hydrogen) atoms. The zero-order valence-electron chi connectivity index (χ0n) is 16.9. The number of sulfonamides is 1. The third kappa shape index (κ3) is 4.95. The van der Waals surface area contributed by atoms with Crippen molar-refractivity contribution in [2.24, 2.45) is 5.73 Å². The highest BCUT2D eigenvalue weighted by Gasteiger charge is 2.40. The number of anilines is 1. The van der Waals surface area contributed by atoms with Crippen molar-refractivity contribution in [1.82, 2.24) is 9.21 Å². The number of nitrogens with zero attached hydrogens (tertiary/aromatic N) is 2. The summed E-state index contributed by atoms with van der Waals surface area (Å²) in [5, 5.41) is 4.57. The molecule has 1 aliphatic rings. The Morgan fingerprint density at radius 1 is 1.12 bits per heavy atom. The van der Waals surface area contributed by atoms with Gasteiger partial charge in [-0.15, -0.1) is 11.3 Å². The Kier molecular flexibility index (Phi) is 6.93. The van der Waals surface area contributed by atoms with Gasteiger partial charge in [0.1, 0.15) is 5.00 Å². The molecule has 1 atom stereocenters. The lowest BCUT2D eigenvalue weighted by atomic mass is 10.2. The molecule has 2 heterocycles. The molecule has 1 saturated heterocycles. The minimum absolute atomic E-state index is 0.0717. The van der Waals surface area contributed by atoms with Crippen molar-refractivity contribution in [1.29, 1.82) is 0 Å². The highest BCUT2D eigenvalue weighted by atomic mass is 32.2. The number of primary amides is 1. The van der Waals surface area contributed by atoms with Crippen LogP contribution in [0.1, 0.15) is 22.8 Å². The van der Waals surface area contributed by atoms with Crippen LogP contribution in [0.25, 0.3) is 0 Å². The van der Waals surface area contributed by atoms with E-state index in [2.05, 4.69) is 5.32 Å². The lowest BCUT2D eigenvalue weighted by molar-refractivity contribution is -0.140. The van der Waals surface area contributed by atoms with Crippen molar-refractivity contribution in [3.8, 4) is 0 Å². The highest BCUT2D eigenvalue weighted by Crippen LogP contribution is 2.35. The summed E-state index contributed by atoms with van der Waals surface area (Å²) in [4.78, 5) is 24.9. The lowest BCUT2D eigenvalue weighted by Gasteiger charge is -2.37. The fraction of sp³-hybridized carbons (Fsp3) is 0.368. The summed E-state index contributed by atoms with van der Waals surface area (Å²) in [6, 6.07) is 4.89. The SMILES string of the molecule is C[C@@H](C(=O)Nc1sccc1C(N)=O)N1CCN(S(=O)(=O)c2ccccc2C(F)(F)F)CC1. The number of carbonyl (C=O) groups is 2. The summed E-state index contributed by atoms with van der Waals surface area (Å²) in [6.07, 6.45) is -4.80. The van der Waals surface area contributed by atoms with Crippen molar-refractivity contribution >= 4 is 38.2 Å². The van der Waals surface area contributed by atoms with E-state index in [-0.39, 0.29) is 31.7 Å². The van der Waals surface area contributed by atoms with Crippen LogP contribution in [0.4, 0.5) is 18.2 Å². The Labute approximate surface area is 186 Å². The third-order valence-electron chi connectivity index (χ3n) is 5.18. The van der Waals surface area contributed by atoms with Crippen molar-refractivity contribution in [3.05, 3.63) is 46.8 Å². The number of nitrogens with one attached hydrogen (secondary N) is 1. The number of rotatable bonds is 6. The summed E-state index contributed by atoms with van der Waals surface area (Å²) in [5.74, 6) is -1.08. The second-order valence-electron chi connectivity index (χ2n) is 7.13. The number of alkyl halides is 3. The zero-order valence-corrected chi connectivity index (χ0v) is 18.6. The Balaban J connectivity index is 1.68. The van der Waals surface area contributed by atoms with Gasteiger partial charge in [0, 0.05) is 26.2 Å². The van der Waals surface area contributed by atoms with Gasteiger partial charge in [0.2, 0.25) is 15.9 Å². The van der Waals surface area contributed by atoms with Gasteiger partial charge in [0.25, 0.3) is 5.91 Å². The summed E-state index contributed by atoms with van der Waals surface area (Å²) in [5.41, 5.74) is 4.25. The van der Waals surface area contributed by atoms with E-state index >= 15 is 0 Å². The van der Waals surface area contributed by atoms with Crippen LogP contribution in [0.5, 0.6) is 0 Å². The third-order valence-corrected chi connectivity index (χ3v) is 7.96. The molecule has 1 aromatic carbocycles. The first-order valence-electron chi connectivity index (χ1n) is 9.51. The number of amides is 2. The van der Waals surface area contributed by atoms with E-state index in [1.807, 2.05) is 0 Å². The van der Waals surface area contributed by atoms with Crippen molar-refractivity contribution in [2.45, 2.75) is 24.0 Å². The fourth-order valence-corrected chi connectivity index (χ4v) is 5.81. The smallest absolute Gasteiger partial charge is 0.366 e. The second-order valence-corrected chi connectivity index (χ2v) is 9.95. The molecule has 1 aromatic heterocycles. The van der Waals surface area contributed by atoms with Crippen LogP contribution in [-0.2, 0) is 21.0 Å². The molecule has 1 fully saturated rings. The van der Waals surface area contributed by atoms with E-state index in [0.717, 1.165) is 33.8 Å². The predicted molar refractivity (Wildman–Crippen MR) is 113 cm³/mol. The average molecular weight is 491 g/mol. The molecule has 13 heteroatoms. The molecule has 0 unspecified atom stereocenters. The van der Waals surface area contributed by atoms with Gasteiger partial charge in [-0.3, -0.25) is 14.5 Å². The van der Waals surface area contributed by atoms with Gasteiger partial charge in [-0.05, 0) is 30.5 Å². The average Bonchev–Trinajstić information content (AvgIpc) is 3.21. The largest absolute Gasteiger partial charge is 0.417 e. The molecule has 8 nitrogen and oxygen atoms in total. The number of benzene rings is 1. The van der Waals surface area contributed by atoms with E-state index in [1.54, 1.807) is 17.2 Å². The number of hydrogen-bond acceptors (Lipinski definition) is 6. The zero-order chi connectivity index (χ0) is 23.7. The van der Waals surface area contributed by atoms with Crippen LogP contribution in [0.3, 0.4) is 0 Å². The number of piperazine rings is 1. The summed E-state index contributed by atoms with van der Waals surface area (Å²) in [7, 11) is -4.36. The van der Waals surface area contributed by atoms with Crippen LogP contribution < -0.4 is 11.1 Å². The van der Waals surface area contributed by atoms with Gasteiger partial charge in [-0.1, -0.05) is 12.1 Å². The van der Waals surface area contributed by atoms with Gasteiger partial charge >= 0.3 is 6.18 Å². The normalized spacial score (nSPS) is 17.1. The topological polar surface area (TPSA) is 113 Å². The molecule has 0 saturated carbocycles. The van der Waals surface area contributed by atoms with Crippen LogP contribution in [0.15, 0.2) is 40.6 Å². The van der Waals surface area contributed by atoms with Gasteiger partial charge < -0.3 is 11.1 Å². The first-order valence-corrected chi connectivity index (χ1v) is 11.8. The van der Waals surface area contributed by atoms with Crippen LogP contribution in [0, 0.1) is 0 Å².